The largest absolute Gasteiger partial charge is 0.356 e. The summed E-state index contributed by atoms with van der Waals surface area (Å²) in [5.74, 6) is 2.65. The molecule has 0 spiro atoms. The molecule has 1 aliphatic rings. The Morgan fingerprint density at radius 1 is 1.25 bits per heavy atom. The number of nitrogens with zero attached hydrogens (tertiary/aromatic N) is 1. The molecule has 0 aromatic heterocycles. The van der Waals surface area contributed by atoms with E-state index in [2.05, 4.69) is 29.5 Å². The molecule has 1 fully saturated rings. The third-order valence-corrected chi connectivity index (χ3v) is 3.59. The first kappa shape index (κ1) is 13.3. The summed E-state index contributed by atoms with van der Waals surface area (Å²) in [5.41, 5.74) is 0. The normalized spacial score (nSPS) is 26.6. The molecule has 3 nitrogen and oxygen atoms in total. The maximum absolute atomic E-state index is 4.23. The van der Waals surface area contributed by atoms with Crippen LogP contribution in [0.15, 0.2) is 4.99 Å². The van der Waals surface area contributed by atoms with Crippen molar-refractivity contribution in [2.24, 2.45) is 16.8 Å². The Hall–Kier alpha value is -0.730. The molecule has 2 unspecified atom stereocenters. The summed E-state index contributed by atoms with van der Waals surface area (Å²) < 4.78 is 0. The second-order valence-corrected chi connectivity index (χ2v) is 4.90. The van der Waals surface area contributed by atoms with E-state index in [9.17, 15) is 0 Å². The molecule has 0 saturated heterocycles. The lowest BCUT2D eigenvalue weighted by Crippen LogP contribution is -2.41. The maximum atomic E-state index is 4.23. The van der Waals surface area contributed by atoms with Gasteiger partial charge < -0.3 is 10.6 Å². The maximum Gasteiger partial charge on any atom is 0.190 e. The van der Waals surface area contributed by atoms with Crippen molar-refractivity contribution >= 4 is 5.96 Å². The van der Waals surface area contributed by atoms with Crippen LogP contribution >= 0.6 is 0 Å². The summed E-state index contributed by atoms with van der Waals surface area (Å²) in [5, 5.41) is 6.76. The third kappa shape index (κ3) is 4.42. The molecule has 0 aliphatic heterocycles. The Morgan fingerprint density at radius 3 is 2.62 bits per heavy atom. The summed E-state index contributed by atoms with van der Waals surface area (Å²) in [4.78, 5) is 4.23. The number of guanidine groups is 1. The fraction of sp³-hybridized carbons (Fsp3) is 0.923. The predicted molar refractivity (Wildman–Crippen MR) is 70.8 cm³/mol. The van der Waals surface area contributed by atoms with Crippen molar-refractivity contribution in [1.82, 2.24) is 10.6 Å². The van der Waals surface area contributed by atoms with Gasteiger partial charge in [0.05, 0.1) is 0 Å². The van der Waals surface area contributed by atoms with Crippen LogP contribution in [0.3, 0.4) is 0 Å². The van der Waals surface area contributed by atoms with Crippen LogP contribution < -0.4 is 10.6 Å². The molecule has 1 aliphatic carbocycles. The van der Waals surface area contributed by atoms with Gasteiger partial charge in [-0.3, -0.25) is 4.99 Å². The van der Waals surface area contributed by atoms with Crippen LogP contribution in [0.25, 0.3) is 0 Å². The van der Waals surface area contributed by atoms with Gasteiger partial charge in [-0.1, -0.05) is 33.1 Å². The van der Waals surface area contributed by atoms with Gasteiger partial charge in [-0.15, -0.1) is 0 Å². The number of nitrogens with one attached hydrogen (secondary N) is 2. The zero-order chi connectivity index (χ0) is 11.8. The van der Waals surface area contributed by atoms with Gasteiger partial charge in [0.15, 0.2) is 5.96 Å². The number of hydrogen-bond acceptors (Lipinski definition) is 1. The second-order valence-electron chi connectivity index (χ2n) is 4.90. The van der Waals surface area contributed by atoms with E-state index in [0.717, 1.165) is 37.3 Å². The smallest absolute Gasteiger partial charge is 0.190 e. The van der Waals surface area contributed by atoms with E-state index >= 15 is 0 Å². The molecular weight excluding hydrogens is 198 g/mol. The lowest BCUT2D eigenvalue weighted by Gasteiger charge is -2.29. The van der Waals surface area contributed by atoms with Gasteiger partial charge in [0.25, 0.3) is 0 Å². The molecule has 2 atom stereocenters. The van der Waals surface area contributed by atoms with Gasteiger partial charge in [-0.2, -0.15) is 0 Å². The van der Waals surface area contributed by atoms with Gasteiger partial charge in [0.2, 0.25) is 0 Å². The quantitative estimate of drug-likeness (QED) is 0.569. The van der Waals surface area contributed by atoms with Crippen molar-refractivity contribution in [2.45, 2.75) is 46.0 Å². The fourth-order valence-corrected chi connectivity index (χ4v) is 2.39. The van der Waals surface area contributed by atoms with Gasteiger partial charge in [0, 0.05) is 20.1 Å². The van der Waals surface area contributed by atoms with Crippen molar-refractivity contribution in [3.63, 3.8) is 0 Å². The number of rotatable bonds is 4. The van der Waals surface area contributed by atoms with Gasteiger partial charge in [-0.05, 0) is 24.7 Å². The fourth-order valence-electron chi connectivity index (χ4n) is 2.39. The van der Waals surface area contributed by atoms with E-state index in [1.54, 1.807) is 0 Å². The van der Waals surface area contributed by atoms with Crippen molar-refractivity contribution in [2.75, 3.05) is 20.1 Å². The van der Waals surface area contributed by atoms with Gasteiger partial charge in [-0.25, -0.2) is 0 Å². The lowest BCUT2D eigenvalue weighted by atomic mass is 9.80. The standard InChI is InChI=1S/C13H27N3/c1-4-9-15-13(14-3)16-10-12-8-6-5-7-11(12)2/h11-12H,4-10H2,1-3H3,(H2,14,15,16). The summed E-state index contributed by atoms with van der Waals surface area (Å²) >= 11 is 0. The number of hydrogen-bond donors (Lipinski definition) is 2. The predicted octanol–water partition coefficient (Wildman–Crippen LogP) is 2.39. The first-order valence-corrected chi connectivity index (χ1v) is 6.72. The molecule has 0 bridgehead atoms. The summed E-state index contributed by atoms with van der Waals surface area (Å²) in [6.45, 7) is 6.63. The average Bonchev–Trinajstić information content (AvgIpc) is 2.31. The Labute approximate surface area is 100 Å². The minimum absolute atomic E-state index is 0.828. The van der Waals surface area contributed by atoms with Crippen molar-refractivity contribution < 1.29 is 0 Å². The molecule has 94 valence electrons. The molecule has 0 heterocycles. The topological polar surface area (TPSA) is 36.4 Å². The average molecular weight is 225 g/mol. The zero-order valence-corrected chi connectivity index (χ0v) is 11.1. The molecule has 0 radical (unpaired) electrons. The Kier molecular flexibility index (Phi) is 6.27. The Balaban J connectivity index is 2.25. The SMILES string of the molecule is CCCNC(=NC)NCC1CCCCC1C. The molecular formula is C13H27N3. The molecule has 0 aromatic carbocycles. The van der Waals surface area contributed by atoms with Crippen LogP contribution in [0.5, 0.6) is 0 Å². The van der Waals surface area contributed by atoms with Crippen LogP contribution in [0.4, 0.5) is 0 Å². The molecule has 1 saturated carbocycles. The highest BCUT2D eigenvalue weighted by atomic mass is 15.2. The van der Waals surface area contributed by atoms with Crippen molar-refractivity contribution in [3.8, 4) is 0 Å². The van der Waals surface area contributed by atoms with Crippen molar-refractivity contribution in [3.05, 3.63) is 0 Å². The monoisotopic (exact) mass is 225 g/mol. The van der Waals surface area contributed by atoms with Crippen LogP contribution in [0.2, 0.25) is 0 Å². The highest BCUT2D eigenvalue weighted by Crippen LogP contribution is 2.28. The molecule has 0 aromatic rings. The van der Waals surface area contributed by atoms with Crippen LogP contribution in [0, 0.1) is 11.8 Å². The zero-order valence-electron chi connectivity index (χ0n) is 11.1. The minimum Gasteiger partial charge on any atom is -0.356 e. The second kappa shape index (κ2) is 7.53. The van der Waals surface area contributed by atoms with E-state index < -0.39 is 0 Å². The highest BCUT2D eigenvalue weighted by molar-refractivity contribution is 5.79. The van der Waals surface area contributed by atoms with E-state index in [-0.39, 0.29) is 0 Å². The van der Waals surface area contributed by atoms with E-state index in [1.807, 2.05) is 7.05 Å². The van der Waals surface area contributed by atoms with Crippen LogP contribution in [-0.4, -0.2) is 26.1 Å². The molecule has 0 amide bonds. The van der Waals surface area contributed by atoms with Gasteiger partial charge >= 0.3 is 0 Å². The van der Waals surface area contributed by atoms with Crippen molar-refractivity contribution in [1.29, 1.82) is 0 Å². The minimum atomic E-state index is 0.828. The van der Waals surface area contributed by atoms with E-state index in [0.29, 0.717) is 0 Å². The first-order chi connectivity index (χ1) is 7.77. The lowest BCUT2D eigenvalue weighted by molar-refractivity contribution is 0.256. The Morgan fingerprint density at radius 2 is 2.00 bits per heavy atom. The summed E-state index contributed by atoms with van der Waals surface area (Å²) in [7, 11) is 1.84. The third-order valence-electron chi connectivity index (χ3n) is 3.59. The van der Waals surface area contributed by atoms with Crippen LogP contribution in [0.1, 0.15) is 46.0 Å². The van der Waals surface area contributed by atoms with E-state index in [4.69, 9.17) is 0 Å². The number of aliphatic imine (C=N–C) groups is 1. The Bertz CT molecular complexity index is 213. The highest BCUT2D eigenvalue weighted by Gasteiger charge is 2.20. The molecule has 3 heteroatoms. The first-order valence-electron chi connectivity index (χ1n) is 6.72. The van der Waals surface area contributed by atoms with E-state index in [1.165, 1.54) is 25.7 Å². The molecule has 1 rings (SSSR count). The molecule has 16 heavy (non-hydrogen) atoms. The summed E-state index contributed by atoms with van der Waals surface area (Å²) in [6.07, 6.45) is 6.73. The van der Waals surface area contributed by atoms with Crippen LogP contribution in [-0.2, 0) is 0 Å². The molecule has 2 N–H and O–H groups in total. The summed E-state index contributed by atoms with van der Waals surface area (Å²) in [6, 6.07) is 0. The van der Waals surface area contributed by atoms with Gasteiger partial charge in [0.1, 0.15) is 0 Å².